The third-order valence-electron chi connectivity index (χ3n) is 4.60. The smallest absolute Gasteiger partial charge is 0.241 e. The van der Waals surface area contributed by atoms with Gasteiger partial charge in [-0.25, -0.2) is 12.8 Å². The summed E-state index contributed by atoms with van der Waals surface area (Å²) >= 11 is 12.1. The summed E-state index contributed by atoms with van der Waals surface area (Å²) < 4.78 is 44.0. The zero-order chi connectivity index (χ0) is 24.0. The molecule has 0 aliphatic carbocycles. The Morgan fingerprint density at radius 3 is 2.27 bits per heavy atom. The number of rotatable bonds is 9. The largest absolute Gasteiger partial charge is 0.489 e. The lowest BCUT2D eigenvalue weighted by Gasteiger charge is -2.23. The molecule has 174 valence electrons. The monoisotopic (exact) mass is 510 g/mol. The molecule has 3 aromatic carbocycles. The fraction of sp³-hybridized carbons (Fsp3) is 0.174. The van der Waals surface area contributed by atoms with Crippen LogP contribution in [0.5, 0.6) is 5.75 Å². The van der Waals surface area contributed by atoms with Gasteiger partial charge in [-0.3, -0.25) is 9.10 Å². The average molecular weight is 511 g/mol. The molecule has 3 rings (SSSR count). The fourth-order valence-electron chi connectivity index (χ4n) is 2.90. The molecule has 0 unspecified atom stereocenters. The molecule has 0 heterocycles. The summed E-state index contributed by atoms with van der Waals surface area (Å²) in [4.78, 5) is 12.4. The number of benzene rings is 3. The van der Waals surface area contributed by atoms with Gasteiger partial charge in [0.15, 0.2) is 0 Å². The van der Waals surface area contributed by atoms with Crippen LogP contribution in [0.2, 0.25) is 10.0 Å². The number of nitrogens with one attached hydrogen (secondary N) is 1. The van der Waals surface area contributed by atoms with Crippen LogP contribution in [0.3, 0.4) is 0 Å². The third kappa shape index (κ3) is 7.35. The van der Waals surface area contributed by atoms with Gasteiger partial charge in [0.2, 0.25) is 15.9 Å². The minimum absolute atomic E-state index is 0.129. The Bertz CT molecular complexity index is 1220. The molecule has 10 heteroatoms. The normalized spacial score (nSPS) is 11.2. The summed E-state index contributed by atoms with van der Waals surface area (Å²) in [5.41, 5.74) is 1.76. The molecule has 33 heavy (non-hydrogen) atoms. The summed E-state index contributed by atoms with van der Waals surface area (Å²) in [6, 6.07) is 17.5. The van der Waals surface area contributed by atoms with E-state index in [0.29, 0.717) is 17.4 Å². The zero-order valence-corrected chi connectivity index (χ0v) is 19.9. The van der Waals surface area contributed by atoms with Crippen molar-refractivity contribution in [2.75, 3.05) is 17.1 Å². The van der Waals surface area contributed by atoms with Crippen LogP contribution in [0.15, 0.2) is 66.7 Å². The van der Waals surface area contributed by atoms with Crippen molar-refractivity contribution in [2.45, 2.75) is 13.2 Å². The summed E-state index contributed by atoms with van der Waals surface area (Å²) in [5, 5.41) is 3.15. The lowest BCUT2D eigenvalue weighted by Crippen LogP contribution is -2.40. The molecule has 0 fully saturated rings. The van der Waals surface area contributed by atoms with Gasteiger partial charge in [-0.05, 0) is 53.6 Å². The van der Waals surface area contributed by atoms with Crippen molar-refractivity contribution in [1.29, 1.82) is 0 Å². The quantitative estimate of drug-likeness (QED) is 0.448. The van der Waals surface area contributed by atoms with Crippen LogP contribution < -0.4 is 14.4 Å². The van der Waals surface area contributed by atoms with Gasteiger partial charge < -0.3 is 10.1 Å². The van der Waals surface area contributed by atoms with Crippen molar-refractivity contribution in [3.8, 4) is 5.75 Å². The first kappa shape index (κ1) is 24.8. The molecular weight excluding hydrogens is 490 g/mol. The standard InChI is InChI=1S/C23H21Cl2FN2O4S/c1-33(30,31)28(22-12-18(24)6-11-21(22)25)14-23(29)27-13-16-4-9-20(10-5-16)32-15-17-2-7-19(26)8-3-17/h2-12H,13-15H2,1H3,(H,27,29). The van der Waals surface area contributed by atoms with Gasteiger partial charge in [0.05, 0.1) is 17.0 Å². The molecule has 0 aromatic heterocycles. The van der Waals surface area contributed by atoms with Crippen LogP contribution in [0.1, 0.15) is 11.1 Å². The highest BCUT2D eigenvalue weighted by molar-refractivity contribution is 7.92. The number of hydrogen-bond acceptors (Lipinski definition) is 4. The molecular formula is C23H21Cl2FN2O4S. The van der Waals surface area contributed by atoms with Crippen molar-refractivity contribution < 1.29 is 22.3 Å². The van der Waals surface area contributed by atoms with Crippen molar-refractivity contribution in [3.05, 3.63) is 93.7 Å². The van der Waals surface area contributed by atoms with Crippen molar-refractivity contribution in [3.63, 3.8) is 0 Å². The van der Waals surface area contributed by atoms with E-state index in [1.54, 1.807) is 36.4 Å². The lowest BCUT2D eigenvalue weighted by atomic mass is 10.2. The van der Waals surface area contributed by atoms with E-state index in [1.165, 1.54) is 30.3 Å². The minimum Gasteiger partial charge on any atom is -0.489 e. The molecule has 0 radical (unpaired) electrons. The molecule has 0 atom stereocenters. The van der Waals surface area contributed by atoms with E-state index < -0.39 is 22.5 Å². The molecule has 1 amide bonds. The van der Waals surface area contributed by atoms with Gasteiger partial charge in [-0.15, -0.1) is 0 Å². The second kappa shape index (κ2) is 10.9. The predicted octanol–water partition coefficient (Wildman–Crippen LogP) is 4.79. The molecule has 0 saturated heterocycles. The number of halogens is 3. The molecule has 0 bridgehead atoms. The number of carbonyl (C=O) groups is 1. The van der Waals surface area contributed by atoms with Gasteiger partial charge in [0.1, 0.15) is 24.7 Å². The summed E-state index contributed by atoms with van der Waals surface area (Å²) in [7, 11) is -3.78. The number of ether oxygens (including phenoxy) is 1. The van der Waals surface area contributed by atoms with Gasteiger partial charge in [0, 0.05) is 11.6 Å². The number of anilines is 1. The Hall–Kier alpha value is -2.81. The first-order chi connectivity index (χ1) is 15.6. The Kier molecular flexibility index (Phi) is 8.18. The fourth-order valence-corrected chi connectivity index (χ4v) is 4.19. The van der Waals surface area contributed by atoms with Crippen LogP contribution in [0.4, 0.5) is 10.1 Å². The molecule has 3 aromatic rings. The van der Waals surface area contributed by atoms with Crippen LogP contribution >= 0.6 is 23.2 Å². The highest BCUT2D eigenvalue weighted by atomic mass is 35.5. The number of hydrogen-bond donors (Lipinski definition) is 1. The van der Waals surface area contributed by atoms with E-state index in [0.717, 1.165) is 21.7 Å². The minimum atomic E-state index is -3.78. The maximum atomic E-state index is 13.0. The van der Waals surface area contributed by atoms with Crippen molar-refractivity contribution in [1.82, 2.24) is 5.32 Å². The molecule has 0 spiro atoms. The number of nitrogens with zero attached hydrogens (tertiary/aromatic N) is 1. The highest BCUT2D eigenvalue weighted by Crippen LogP contribution is 2.30. The second-order valence-electron chi connectivity index (χ2n) is 7.20. The predicted molar refractivity (Wildman–Crippen MR) is 128 cm³/mol. The SMILES string of the molecule is CS(=O)(=O)N(CC(=O)NCc1ccc(OCc2ccc(F)cc2)cc1)c1cc(Cl)ccc1Cl. The summed E-state index contributed by atoms with van der Waals surface area (Å²) in [5.74, 6) is -0.193. The van der Waals surface area contributed by atoms with Gasteiger partial charge in [0.25, 0.3) is 0 Å². The van der Waals surface area contributed by atoms with Crippen LogP contribution in [-0.2, 0) is 28.0 Å². The van der Waals surface area contributed by atoms with Crippen molar-refractivity contribution in [2.24, 2.45) is 0 Å². The van der Waals surface area contributed by atoms with Crippen LogP contribution in [-0.4, -0.2) is 27.1 Å². The third-order valence-corrected chi connectivity index (χ3v) is 6.28. The molecule has 0 saturated carbocycles. The Labute approximate surface area is 201 Å². The van der Waals surface area contributed by atoms with E-state index in [-0.39, 0.29) is 23.1 Å². The first-order valence-corrected chi connectivity index (χ1v) is 12.4. The Morgan fingerprint density at radius 2 is 1.64 bits per heavy atom. The van der Waals surface area contributed by atoms with E-state index in [4.69, 9.17) is 27.9 Å². The van der Waals surface area contributed by atoms with Crippen LogP contribution in [0.25, 0.3) is 0 Å². The molecule has 1 N–H and O–H groups in total. The number of sulfonamides is 1. The average Bonchev–Trinajstić information content (AvgIpc) is 2.77. The number of amides is 1. The van der Waals surface area contributed by atoms with E-state index in [9.17, 15) is 17.6 Å². The lowest BCUT2D eigenvalue weighted by molar-refractivity contribution is -0.119. The zero-order valence-electron chi connectivity index (χ0n) is 17.6. The van der Waals surface area contributed by atoms with Gasteiger partial charge in [-0.2, -0.15) is 0 Å². The number of carbonyl (C=O) groups excluding carboxylic acids is 1. The summed E-state index contributed by atoms with van der Waals surface area (Å²) in [6.07, 6.45) is 0.988. The van der Waals surface area contributed by atoms with Crippen molar-refractivity contribution >= 4 is 44.8 Å². The van der Waals surface area contributed by atoms with Gasteiger partial charge >= 0.3 is 0 Å². The summed E-state index contributed by atoms with van der Waals surface area (Å²) in [6.45, 7) is 0.0411. The topological polar surface area (TPSA) is 75.7 Å². The molecule has 6 nitrogen and oxygen atoms in total. The van der Waals surface area contributed by atoms with E-state index >= 15 is 0 Å². The highest BCUT2D eigenvalue weighted by Gasteiger charge is 2.23. The van der Waals surface area contributed by atoms with E-state index in [1.807, 2.05) is 0 Å². The Morgan fingerprint density at radius 1 is 1.00 bits per heavy atom. The second-order valence-corrected chi connectivity index (χ2v) is 9.95. The molecule has 0 aliphatic heterocycles. The Balaban J connectivity index is 1.56. The van der Waals surface area contributed by atoms with E-state index in [2.05, 4.69) is 5.32 Å². The van der Waals surface area contributed by atoms with Crippen LogP contribution in [0, 0.1) is 5.82 Å². The maximum Gasteiger partial charge on any atom is 0.241 e. The van der Waals surface area contributed by atoms with Gasteiger partial charge in [-0.1, -0.05) is 47.5 Å². The maximum absolute atomic E-state index is 13.0. The molecule has 0 aliphatic rings. The first-order valence-electron chi connectivity index (χ1n) is 9.77.